The Hall–Kier alpha value is -5.00. The lowest BCUT2D eigenvalue weighted by Gasteiger charge is -2.32. The van der Waals surface area contributed by atoms with Crippen LogP contribution in [0.5, 0.6) is 11.5 Å². The van der Waals surface area contributed by atoms with Crippen LogP contribution in [0.2, 0.25) is 0 Å². The Balaban J connectivity index is 1.11. The third-order valence-electron chi connectivity index (χ3n) is 7.93. The van der Waals surface area contributed by atoms with E-state index in [4.69, 9.17) is 23.8 Å². The van der Waals surface area contributed by atoms with Crippen molar-refractivity contribution in [1.29, 1.82) is 0 Å². The molecule has 11 heteroatoms. The van der Waals surface area contributed by atoms with Crippen LogP contribution in [0.15, 0.2) is 108 Å². The van der Waals surface area contributed by atoms with Crippen LogP contribution in [-0.2, 0) is 25.5 Å². The van der Waals surface area contributed by atoms with E-state index in [0.717, 1.165) is 16.9 Å². The van der Waals surface area contributed by atoms with Gasteiger partial charge in [0.05, 0.1) is 38.1 Å². The van der Waals surface area contributed by atoms with E-state index in [9.17, 15) is 9.90 Å². The molecule has 0 bridgehead atoms. The average Bonchev–Trinajstić information content (AvgIpc) is 3.63. The summed E-state index contributed by atoms with van der Waals surface area (Å²) in [6.45, 7) is 3.55. The second-order valence-corrected chi connectivity index (χ2v) is 11.6. The molecule has 0 aliphatic carbocycles. The Morgan fingerprint density at radius 2 is 1.69 bits per heavy atom. The van der Waals surface area contributed by atoms with E-state index >= 15 is 0 Å². The highest BCUT2D eigenvalue weighted by atomic mass is 16.6. The molecule has 0 fully saturated rings. The maximum atomic E-state index is 12.8. The maximum Gasteiger partial charge on any atom is 0.306 e. The second kappa shape index (κ2) is 17.2. The molecule has 3 aromatic carbocycles. The van der Waals surface area contributed by atoms with E-state index in [1.807, 2.05) is 104 Å². The van der Waals surface area contributed by atoms with E-state index in [0.29, 0.717) is 30.0 Å². The first kappa shape index (κ1) is 34.3. The standard InChI is InChI=1S/C37H42N4O7/c1-26(39-48-27(2)33-23-41(40-38-33)30(24-42)22-28-10-6-4-7-11-28)14-21-37(43)45-25-36-35(46-32-17-15-31(44-3)16-18-32)20-19-34(47-36)29-12-8-5-9-13-29/h4-13,15-20,23,27,30,34-36,42H,14,21-22,24-25H2,1-3H3/t27-,30-,34-,35-,36+/m0/s1. The zero-order valence-electron chi connectivity index (χ0n) is 27.4. The summed E-state index contributed by atoms with van der Waals surface area (Å²) in [6.07, 6.45) is 4.99. The molecule has 5 atom stereocenters. The minimum absolute atomic E-state index is 0.0197. The number of esters is 1. The summed E-state index contributed by atoms with van der Waals surface area (Å²) in [6, 6.07) is 26.8. The van der Waals surface area contributed by atoms with Gasteiger partial charge in [-0.2, -0.15) is 0 Å². The van der Waals surface area contributed by atoms with Crippen LogP contribution < -0.4 is 9.47 Å². The lowest BCUT2D eigenvalue weighted by atomic mass is 10.0. The zero-order chi connectivity index (χ0) is 33.7. The van der Waals surface area contributed by atoms with E-state index < -0.39 is 18.3 Å². The number of aliphatic hydroxyl groups excluding tert-OH is 1. The van der Waals surface area contributed by atoms with Gasteiger partial charge in [-0.1, -0.05) is 77.1 Å². The Labute approximate surface area is 280 Å². The van der Waals surface area contributed by atoms with Gasteiger partial charge in [-0.3, -0.25) is 4.79 Å². The predicted octanol–water partition coefficient (Wildman–Crippen LogP) is 5.98. The molecule has 48 heavy (non-hydrogen) atoms. The second-order valence-electron chi connectivity index (χ2n) is 11.6. The number of rotatable bonds is 16. The van der Waals surface area contributed by atoms with Gasteiger partial charge in [-0.15, -0.1) is 5.10 Å². The Morgan fingerprint density at radius 3 is 2.40 bits per heavy atom. The van der Waals surface area contributed by atoms with Gasteiger partial charge in [-0.25, -0.2) is 4.68 Å². The van der Waals surface area contributed by atoms with E-state index in [1.54, 1.807) is 24.9 Å². The van der Waals surface area contributed by atoms with E-state index in [1.165, 1.54) is 0 Å². The third-order valence-corrected chi connectivity index (χ3v) is 7.93. The number of benzene rings is 3. The number of carbonyl (C=O) groups is 1. The molecule has 1 aliphatic rings. The molecule has 0 unspecified atom stereocenters. The van der Waals surface area contributed by atoms with Gasteiger partial charge in [0.1, 0.15) is 42.1 Å². The number of oxime groups is 1. The molecule has 1 aromatic heterocycles. The molecule has 11 nitrogen and oxygen atoms in total. The van der Waals surface area contributed by atoms with Gasteiger partial charge in [0.15, 0.2) is 6.10 Å². The summed E-state index contributed by atoms with van der Waals surface area (Å²) in [5.74, 6) is 0.990. The van der Waals surface area contributed by atoms with Crippen LogP contribution >= 0.6 is 0 Å². The largest absolute Gasteiger partial charge is 0.497 e. The molecule has 4 aromatic rings. The van der Waals surface area contributed by atoms with Crippen LogP contribution in [-0.4, -0.2) is 64.3 Å². The van der Waals surface area contributed by atoms with Crippen LogP contribution in [0.1, 0.15) is 61.8 Å². The highest BCUT2D eigenvalue weighted by molar-refractivity contribution is 5.85. The number of carbonyl (C=O) groups excluding carboxylic acids is 1. The molecule has 5 rings (SSSR count). The van der Waals surface area contributed by atoms with Crippen LogP contribution in [0, 0.1) is 0 Å². The van der Waals surface area contributed by atoms with Crippen molar-refractivity contribution in [3.63, 3.8) is 0 Å². The van der Waals surface area contributed by atoms with Gasteiger partial charge in [-0.05, 0) is 68.2 Å². The number of hydrogen-bond donors (Lipinski definition) is 1. The van der Waals surface area contributed by atoms with Crippen molar-refractivity contribution in [2.24, 2.45) is 5.16 Å². The number of aliphatic hydroxyl groups is 1. The first-order valence-corrected chi connectivity index (χ1v) is 16.0. The van der Waals surface area contributed by atoms with Crippen LogP contribution in [0.3, 0.4) is 0 Å². The molecule has 1 N–H and O–H groups in total. The maximum absolute atomic E-state index is 12.8. The minimum atomic E-state index is -0.531. The normalized spacial score (nSPS) is 18.9. The quantitative estimate of drug-likeness (QED) is 0.0672. The highest BCUT2D eigenvalue weighted by Crippen LogP contribution is 2.29. The fraction of sp³-hybridized carbons (Fsp3) is 0.351. The fourth-order valence-corrected chi connectivity index (χ4v) is 5.12. The number of ether oxygens (including phenoxy) is 4. The van der Waals surface area contributed by atoms with Gasteiger partial charge >= 0.3 is 5.97 Å². The van der Waals surface area contributed by atoms with Crippen molar-refractivity contribution in [2.45, 2.75) is 63.6 Å². The lowest BCUT2D eigenvalue weighted by Crippen LogP contribution is -2.40. The Kier molecular flexibility index (Phi) is 12.3. The lowest BCUT2D eigenvalue weighted by molar-refractivity contribution is -0.152. The smallest absolute Gasteiger partial charge is 0.306 e. The summed E-state index contributed by atoms with van der Waals surface area (Å²) < 4.78 is 25.1. The zero-order valence-corrected chi connectivity index (χ0v) is 27.4. The molecular weight excluding hydrogens is 612 g/mol. The van der Waals surface area contributed by atoms with Crippen molar-refractivity contribution >= 4 is 11.7 Å². The van der Waals surface area contributed by atoms with Gasteiger partial charge in [0.2, 0.25) is 0 Å². The minimum Gasteiger partial charge on any atom is -0.497 e. The topological polar surface area (TPSA) is 127 Å². The van der Waals surface area contributed by atoms with E-state index in [2.05, 4.69) is 15.5 Å². The van der Waals surface area contributed by atoms with Gasteiger partial charge in [0.25, 0.3) is 0 Å². The summed E-state index contributed by atoms with van der Waals surface area (Å²) >= 11 is 0. The monoisotopic (exact) mass is 654 g/mol. The summed E-state index contributed by atoms with van der Waals surface area (Å²) in [5.41, 5.74) is 3.30. The van der Waals surface area contributed by atoms with Gasteiger partial charge in [0, 0.05) is 0 Å². The number of hydrogen-bond acceptors (Lipinski definition) is 10. The molecule has 0 saturated heterocycles. The van der Waals surface area contributed by atoms with Crippen LogP contribution in [0.25, 0.3) is 0 Å². The number of methoxy groups -OCH3 is 1. The average molecular weight is 655 g/mol. The fourth-order valence-electron chi connectivity index (χ4n) is 5.12. The third kappa shape index (κ3) is 9.76. The van der Waals surface area contributed by atoms with Crippen LogP contribution in [0.4, 0.5) is 0 Å². The molecule has 0 radical (unpaired) electrons. The molecule has 252 valence electrons. The van der Waals surface area contributed by atoms with Crippen molar-refractivity contribution in [2.75, 3.05) is 20.3 Å². The summed E-state index contributed by atoms with van der Waals surface area (Å²) in [5, 5.41) is 22.5. The Morgan fingerprint density at radius 1 is 0.979 bits per heavy atom. The SMILES string of the molecule is COc1ccc(O[C@H]2C=C[C@@H](c3ccccc3)O[C@@H]2COC(=O)CCC(C)=NO[C@@H](C)c2cn([C@H](CO)Cc3ccccc3)nn2)cc1. The first-order valence-electron chi connectivity index (χ1n) is 16.0. The molecule has 1 aliphatic heterocycles. The predicted molar refractivity (Wildman–Crippen MR) is 180 cm³/mol. The first-order chi connectivity index (χ1) is 23.4. The molecule has 0 saturated carbocycles. The summed E-state index contributed by atoms with van der Waals surface area (Å²) in [7, 11) is 1.61. The van der Waals surface area contributed by atoms with Gasteiger partial charge < -0.3 is 28.9 Å². The van der Waals surface area contributed by atoms with Crippen molar-refractivity contribution < 1.29 is 33.7 Å². The Bertz CT molecular complexity index is 1630. The summed E-state index contributed by atoms with van der Waals surface area (Å²) in [4.78, 5) is 18.4. The molecule has 0 spiro atoms. The van der Waals surface area contributed by atoms with Crippen molar-refractivity contribution in [3.8, 4) is 11.5 Å². The number of aromatic nitrogens is 3. The molecule has 0 amide bonds. The molecular formula is C37H42N4O7. The number of nitrogens with zero attached hydrogens (tertiary/aromatic N) is 4. The molecule has 2 heterocycles. The highest BCUT2D eigenvalue weighted by Gasteiger charge is 2.31. The van der Waals surface area contributed by atoms with Crippen molar-refractivity contribution in [3.05, 3.63) is 120 Å². The van der Waals surface area contributed by atoms with E-state index in [-0.39, 0.29) is 37.7 Å². The van der Waals surface area contributed by atoms with Crippen molar-refractivity contribution in [1.82, 2.24) is 15.0 Å².